The highest BCUT2D eigenvalue weighted by Gasteiger charge is 2.08. The van der Waals surface area contributed by atoms with E-state index < -0.39 is 0 Å². The zero-order valence-corrected chi connectivity index (χ0v) is 11.8. The first kappa shape index (κ1) is 13.8. The molecule has 0 atom stereocenters. The quantitative estimate of drug-likeness (QED) is 0.776. The van der Waals surface area contributed by atoms with Gasteiger partial charge in [-0.25, -0.2) is 9.37 Å². The molecular formula is C15H16ClFN2. The number of hydrogen-bond acceptors (Lipinski definition) is 2. The lowest BCUT2D eigenvalue weighted by molar-refractivity contribution is 0.628. The minimum absolute atomic E-state index is 0.242. The van der Waals surface area contributed by atoms with Crippen LogP contribution in [0.2, 0.25) is 0 Å². The van der Waals surface area contributed by atoms with E-state index in [1.807, 2.05) is 24.1 Å². The minimum Gasteiger partial charge on any atom is -0.329 e. The third-order valence-corrected chi connectivity index (χ3v) is 3.31. The first-order valence-electron chi connectivity index (χ1n) is 6.19. The molecule has 0 aliphatic carbocycles. The molecule has 4 heteroatoms. The van der Waals surface area contributed by atoms with Gasteiger partial charge < -0.3 is 4.90 Å². The standard InChI is InChI=1S/C15H16ClFN2/c1-3-13-8-11(10-16)9-15(18-13)19(2)14-6-4-12(17)5-7-14/h4-9H,3,10H2,1-2H3. The molecule has 19 heavy (non-hydrogen) atoms. The van der Waals surface area contributed by atoms with Crippen LogP contribution in [0.5, 0.6) is 0 Å². The third kappa shape index (κ3) is 3.24. The van der Waals surface area contributed by atoms with Crippen LogP contribution in [0.25, 0.3) is 0 Å². The lowest BCUT2D eigenvalue weighted by Gasteiger charge is -2.19. The minimum atomic E-state index is -0.242. The van der Waals surface area contributed by atoms with Crippen LogP contribution in [0.1, 0.15) is 18.2 Å². The largest absolute Gasteiger partial charge is 0.329 e. The molecule has 100 valence electrons. The number of rotatable bonds is 4. The van der Waals surface area contributed by atoms with E-state index in [1.54, 1.807) is 12.1 Å². The maximum atomic E-state index is 12.9. The number of benzene rings is 1. The Morgan fingerprint density at radius 2 is 1.89 bits per heavy atom. The fourth-order valence-corrected chi connectivity index (χ4v) is 2.01. The third-order valence-electron chi connectivity index (χ3n) is 3.00. The summed E-state index contributed by atoms with van der Waals surface area (Å²) in [6, 6.07) is 10.3. The molecule has 1 heterocycles. The number of aromatic nitrogens is 1. The molecule has 2 rings (SSSR count). The molecule has 1 aromatic carbocycles. The number of aryl methyl sites for hydroxylation is 1. The van der Waals surface area contributed by atoms with Crippen LogP contribution in [0, 0.1) is 5.82 Å². The van der Waals surface area contributed by atoms with Gasteiger partial charge in [0.05, 0.1) is 0 Å². The summed E-state index contributed by atoms with van der Waals surface area (Å²) in [7, 11) is 1.91. The topological polar surface area (TPSA) is 16.1 Å². The molecule has 0 bridgehead atoms. The first-order valence-corrected chi connectivity index (χ1v) is 6.72. The maximum Gasteiger partial charge on any atom is 0.133 e. The van der Waals surface area contributed by atoms with Crippen molar-refractivity contribution in [1.82, 2.24) is 4.98 Å². The summed E-state index contributed by atoms with van der Waals surface area (Å²) in [5.74, 6) is 1.04. The molecule has 0 spiro atoms. The van der Waals surface area contributed by atoms with Gasteiger partial charge >= 0.3 is 0 Å². The summed E-state index contributed by atoms with van der Waals surface area (Å²) in [5.41, 5.74) is 2.93. The van der Waals surface area contributed by atoms with Gasteiger partial charge in [0.2, 0.25) is 0 Å². The Morgan fingerprint density at radius 3 is 2.47 bits per heavy atom. The van der Waals surface area contributed by atoms with E-state index in [4.69, 9.17) is 11.6 Å². The van der Waals surface area contributed by atoms with Gasteiger partial charge in [-0.05, 0) is 48.4 Å². The van der Waals surface area contributed by atoms with Gasteiger partial charge in [0.25, 0.3) is 0 Å². The first-order chi connectivity index (χ1) is 9.13. The monoisotopic (exact) mass is 278 g/mol. The molecule has 0 aliphatic rings. The second-order valence-electron chi connectivity index (χ2n) is 4.35. The van der Waals surface area contributed by atoms with Crippen LogP contribution in [-0.2, 0) is 12.3 Å². The molecule has 2 aromatic rings. The summed E-state index contributed by atoms with van der Waals surface area (Å²) in [5, 5.41) is 0. The van der Waals surface area contributed by atoms with Crippen molar-refractivity contribution >= 4 is 23.1 Å². The summed E-state index contributed by atoms with van der Waals surface area (Å²) >= 11 is 5.90. The number of pyridine rings is 1. The molecule has 0 radical (unpaired) electrons. The molecule has 0 amide bonds. The predicted molar refractivity (Wildman–Crippen MR) is 77.6 cm³/mol. The van der Waals surface area contributed by atoms with Gasteiger partial charge in [-0.1, -0.05) is 6.92 Å². The van der Waals surface area contributed by atoms with Crippen molar-refractivity contribution in [1.29, 1.82) is 0 Å². The number of halogens is 2. The van der Waals surface area contributed by atoms with Crippen molar-refractivity contribution in [3.63, 3.8) is 0 Å². The number of alkyl halides is 1. The van der Waals surface area contributed by atoms with Crippen LogP contribution >= 0.6 is 11.6 Å². The Balaban J connectivity index is 2.37. The summed E-state index contributed by atoms with van der Waals surface area (Å²) < 4.78 is 12.9. The van der Waals surface area contributed by atoms with E-state index >= 15 is 0 Å². The summed E-state index contributed by atoms with van der Waals surface area (Å²) in [6.45, 7) is 2.06. The number of hydrogen-bond donors (Lipinski definition) is 0. The maximum absolute atomic E-state index is 12.9. The van der Waals surface area contributed by atoms with E-state index in [0.29, 0.717) is 5.88 Å². The fourth-order valence-electron chi connectivity index (χ4n) is 1.86. The van der Waals surface area contributed by atoms with E-state index in [0.717, 1.165) is 29.2 Å². The predicted octanol–water partition coefficient (Wildman–Crippen LogP) is 4.29. The van der Waals surface area contributed by atoms with Crippen molar-refractivity contribution in [2.24, 2.45) is 0 Å². The van der Waals surface area contributed by atoms with E-state index in [-0.39, 0.29) is 5.82 Å². The lowest BCUT2D eigenvalue weighted by Crippen LogP contribution is -2.12. The molecule has 2 nitrogen and oxygen atoms in total. The smallest absolute Gasteiger partial charge is 0.133 e. The van der Waals surface area contributed by atoms with Crippen molar-refractivity contribution < 1.29 is 4.39 Å². The number of nitrogens with zero attached hydrogens (tertiary/aromatic N) is 2. The Labute approximate surface area is 117 Å². The van der Waals surface area contributed by atoms with E-state index in [9.17, 15) is 4.39 Å². The highest BCUT2D eigenvalue weighted by Crippen LogP contribution is 2.24. The molecule has 0 saturated heterocycles. The van der Waals surface area contributed by atoms with Crippen LogP contribution in [-0.4, -0.2) is 12.0 Å². The molecule has 0 unspecified atom stereocenters. The van der Waals surface area contributed by atoms with Crippen LogP contribution in [0.3, 0.4) is 0 Å². The molecule has 0 saturated carbocycles. The molecule has 0 aliphatic heterocycles. The molecule has 0 N–H and O–H groups in total. The normalized spacial score (nSPS) is 10.5. The Hall–Kier alpha value is -1.61. The van der Waals surface area contributed by atoms with Gasteiger partial charge in [-0.3, -0.25) is 0 Å². The summed E-state index contributed by atoms with van der Waals surface area (Å²) in [6.07, 6.45) is 0.856. The van der Waals surface area contributed by atoms with Crippen molar-refractivity contribution in [3.8, 4) is 0 Å². The van der Waals surface area contributed by atoms with Gasteiger partial charge in [0.1, 0.15) is 11.6 Å². The summed E-state index contributed by atoms with van der Waals surface area (Å²) in [4.78, 5) is 6.50. The number of anilines is 2. The van der Waals surface area contributed by atoms with Gasteiger partial charge in [0.15, 0.2) is 0 Å². The van der Waals surface area contributed by atoms with Crippen LogP contribution < -0.4 is 4.90 Å². The van der Waals surface area contributed by atoms with Crippen molar-refractivity contribution in [2.45, 2.75) is 19.2 Å². The van der Waals surface area contributed by atoms with Gasteiger partial charge in [-0.2, -0.15) is 0 Å². The molecule has 0 fully saturated rings. The zero-order chi connectivity index (χ0) is 13.8. The van der Waals surface area contributed by atoms with Gasteiger partial charge in [0, 0.05) is 24.3 Å². The molecule has 1 aromatic heterocycles. The second-order valence-corrected chi connectivity index (χ2v) is 4.61. The highest BCUT2D eigenvalue weighted by atomic mass is 35.5. The SMILES string of the molecule is CCc1cc(CCl)cc(N(C)c2ccc(F)cc2)n1. The lowest BCUT2D eigenvalue weighted by atomic mass is 10.2. The van der Waals surface area contributed by atoms with Crippen molar-refractivity contribution in [2.75, 3.05) is 11.9 Å². The average Bonchev–Trinajstić information content (AvgIpc) is 2.46. The Morgan fingerprint density at radius 1 is 1.21 bits per heavy atom. The molecular weight excluding hydrogens is 263 g/mol. The van der Waals surface area contributed by atoms with Crippen molar-refractivity contribution in [3.05, 3.63) is 53.5 Å². The fraction of sp³-hybridized carbons (Fsp3) is 0.267. The Kier molecular flexibility index (Phi) is 4.38. The Bertz CT molecular complexity index is 532. The average molecular weight is 279 g/mol. The zero-order valence-electron chi connectivity index (χ0n) is 11.0. The highest BCUT2D eigenvalue weighted by molar-refractivity contribution is 6.17. The van der Waals surface area contributed by atoms with Crippen LogP contribution in [0.15, 0.2) is 36.4 Å². The van der Waals surface area contributed by atoms with Gasteiger partial charge in [-0.15, -0.1) is 11.6 Å². The van der Waals surface area contributed by atoms with E-state index in [1.165, 1.54) is 12.1 Å². The van der Waals surface area contributed by atoms with E-state index in [2.05, 4.69) is 11.9 Å². The second kappa shape index (κ2) is 6.02. The van der Waals surface area contributed by atoms with Crippen LogP contribution in [0.4, 0.5) is 15.9 Å².